The minimum Gasteiger partial charge on any atom is -0.507 e. The van der Waals surface area contributed by atoms with E-state index in [9.17, 15) is 14.7 Å². The van der Waals surface area contributed by atoms with E-state index in [4.69, 9.17) is 21.1 Å². The van der Waals surface area contributed by atoms with Crippen LogP contribution >= 0.6 is 11.6 Å². The summed E-state index contributed by atoms with van der Waals surface area (Å²) in [5.41, 5.74) is 0.897. The molecule has 1 aliphatic heterocycles. The second kappa shape index (κ2) is 9.02. The molecule has 1 saturated heterocycles. The summed E-state index contributed by atoms with van der Waals surface area (Å²) in [7, 11) is 0. The lowest BCUT2D eigenvalue weighted by atomic mass is 10.0. The zero-order chi connectivity index (χ0) is 19.2. The first-order valence-electron chi connectivity index (χ1n) is 8.92. The van der Waals surface area contributed by atoms with E-state index in [1.54, 1.807) is 30.3 Å². The average Bonchev–Trinajstić information content (AvgIpc) is 2.64. The van der Waals surface area contributed by atoms with Gasteiger partial charge in [-0.05, 0) is 42.7 Å². The number of benzene rings is 2. The molecule has 3 rings (SSSR count). The molecular weight excluding hydrogens is 368 g/mol. The number of phenols is 1. The van der Waals surface area contributed by atoms with Gasteiger partial charge in [0.25, 0.3) is 0 Å². The molecule has 1 aliphatic rings. The Morgan fingerprint density at radius 1 is 1.15 bits per heavy atom. The Kier molecular flexibility index (Phi) is 6.48. The molecule has 0 radical (unpaired) electrons. The Bertz CT molecular complexity index is 810. The van der Waals surface area contributed by atoms with Gasteiger partial charge in [-0.25, -0.2) is 0 Å². The lowest BCUT2D eigenvalue weighted by Gasteiger charge is -2.23. The third-order valence-corrected chi connectivity index (χ3v) is 4.60. The maximum atomic E-state index is 12.4. The summed E-state index contributed by atoms with van der Waals surface area (Å²) in [4.78, 5) is 24.5. The van der Waals surface area contributed by atoms with Gasteiger partial charge in [0, 0.05) is 23.9 Å². The number of halogens is 1. The van der Waals surface area contributed by atoms with Crippen molar-refractivity contribution in [1.29, 1.82) is 0 Å². The second-order valence-electron chi connectivity index (χ2n) is 6.53. The molecule has 0 saturated carbocycles. The molecule has 5 nitrogen and oxygen atoms in total. The fourth-order valence-corrected chi connectivity index (χ4v) is 3.07. The van der Waals surface area contributed by atoms with Crippen molar-refractivity contribution in [2.24, 2.45) is 0 Å². The van der Waals surface area contributed by atoms with Crippen molar-refractivity contribution >= 4 is 23.2 Å². The Hall–Kier alpha value is -2.37. The number of phenolic OH excluding ortho intramolecular Hbond substituents is 1. The van der Waals surface area contributed by atoms with E-state index in [2.05, 4.69) is 0 Å². The second-order valence-corrected chi connectivity index (χ2v) is 6.97. The van der Waals surface area contributed by atoms with Crippen molar-refractivity contribution in [3.63, 3.8) is 0 Å². The van der Waals surface area contributed by atoms with Gasteiger partial charge in [-0.2, -0.15) is 0 Å². The van der Waals surface area contributed by atoms with E-state index in [0.717, 1.165) is 24.8 Å². The number of Topliss-reactive ketones (excluding diaryl/α,β-unsaturated/α-hetero) is 2. The monoisotopic (exact) mass is 388 g/mol. The van der Waals surface area contributed by atoms with Crippen molar-refractivity contribution in [3.8, 4) is 11.5 Å². The van der Waals surface area contributed by atoms with Crippen LogP contribution in [0.4, 0.5) is 0 Å². The van der Waals surface area contributed by atoms with Crippen LogP contribution in [0.25, 0.3) is 0 Å². The molecule has 0 bridgehead atoms. The summed E-state index contributed by atoms with van der Waals surface area (Å²) in [5.74, 6) is -0.416. The number of rotatable bonds is 7. The molecule has 1 atom stereocenters. The first-order valence-corrected chi connectivity index (χ1v) is 9.29. The largest absolute Gasteiger partial charge is 0.507 e. The van der Waals surface area contributed by atoms with Crippen LogP contribution in [0.3, 0.4) is 0 Å². The quantitative estimate of drug-likeness (QED) is 0.564. The molecule has 0 spiro atoms. The van der Waals surface area contributed by atoms with Crippen LogP contribution in [0.5, 0.6) is 11.5 Å². The van der Waals surface area contributed by atoms with Gasteiger partial charge in [-0.3, -0.25) is 9.59 Å². The fourth-order valence-electron chi connectivity index (χ4n) is 2.94. The van der Waals surface area contributed by atoms with Crippen LogP contribution in [0.2, 0.25) is 5.02 Å². The Labute approximate surface area is 162 Å². The topological polar surface area (TPSA) is 72.8 Å². The number of carbonyl (C=O) groups excluding carboxylic acids is 2. The van der Waals surface area contributed by atoms with E-state index in [0.29, 0.717) is 17.4 Å². The third-order valence-electron chi connectivity index (χ3n) is 4.35. The molecule has 1 N–H and O–H groups in total. The Morgan fingerprint density at radius 2 is 1.93 bits per heavy atom. The van der Waals surface area contributed by atoms with Crippen molar-refractivity contribution in [2.45, 2.75) is 38.4 Å². The molecule has 0 aromatic heterocycles. The summed E-state index contributed by atoms with van der Waals surface area (Å²) < 4.78 is 11.2. The number of hydrogen-bond donors (Lipinski definition) is 1. The number of aromatic hydroxyl groups is 1. The Morgan fingerprint density at radius 3 is 2.59 bits per heavy atom. The van der Waals surface area contributed by atoms with Gasteiger partial charge in [-0.15, -0.1) is 0 Å². The van der Waals surface area contributed by atoms with E-state index in [-0.39, 0.29) is 36.2 Å². The molecule has 27 heavy (non-hydrogen) atoms. The minimum atomic E-state index is -0.424. The summed E-state index contributed by atoms with van der Waals surface area (Å²) in [5, 5.41) is 10.7. The fraction of sp³-hybridized carbons (Fsp3) is 0.333. The lowest BCUT2D eigenvalue weighted by Crippen LogP contribution is -2.25. The van der Waals surface area contributed by atoms with Gasteiger partial charge in [0.2, 0.25) is 0 Å². The normalized spacial score (nSPS) is 16.7. The smallest absolute Gasteiger partial charge is 0.199 e. The number of carbonyl (C=O) groups is 2. The lowest BCUT2D eigenvalue weighted by molar-refractivity contribution is -0.117. The van der Waals surface area contributed by atoms with Crippen molar-refractivity contribution < 1.29 is 24.2 Å². The highest BCUT2D eigenvalue weighted by Gasteiger charge is 2.19. The van der Waals surface area contributed by atoms with Crippen LogP contribution in [0, 0.1) is 0 Å². The Balaban J connectivity index is 1.58. The molecule has 2 aromatic rings. The number of ketones is 2. The van der Waals surface area contributed by atoms with Crippen LogP contribution in [-0.4, -0.2) is 29.6 Å². The number of ether oxygens (including phenoxy) is 2. The van der Waals surface area contributed by atoms with E-state index >= 15 is 0 Å². The number of hydrogen-bond acceptors (Lipinski definition) is 5. The van der Waals surface area contributed by atoms with E-state index < -0.39 is 5.78 Å². The van der Waals surface area contributed by atoms with Gasteiger partial charge in [0.1, 0.15) is 17.3 Å². The molecule has 6 heteroatoms. The summed E-state index contributed by atoms with van der Waals surface area (Å²) in [6.07, 6.45) is 2.37. The average molecular weight is 389 g/mol. The predicted octanol–water partition coefficient (Wildman–Crippen LogP) is 4.34. The van der Waals surface area contributed by atoms with Crippen LogP contribution in [0.15, 0.2) is 42.5 Å². The minimum absolute atomic E-state index is 0.108. The van der Waals surface area contributed by atoms with Crippen molar-refractivity contribution in [1.82, 2.24) is 0 Å². The van der Waals surface area contributed by atoms with Gasteiger partial charge in [-0.1, -0.05) is 23.7 Å². The maximum absolute atomic E-state index is 12.4. The highest BCUT2D eigenvalue weighted by Crippen LogP contribution is 2.27. The van der Waals surface area contributed by atoms with Gasteiger partial charge in [0.15, 0.2) is 12.1 Å². The maximum Gasteiger partial charge on any atom is 0.199 e. The van der Waals surface area contributed by atoms with Crippen LogP contribution in [0.1, 0.15) is 41.6 Å². The molecular formula is C21H21ClO5. The molecule has 1 heterocycles. The summed E-state index contributed by atoms with van der Waals surface area (Å²) in [6, 6.07) is 11.4. The first kappa shape index (κ1) is 19.4. The zero-order valence-electron chi connectivity index (χ0n) is 14.8. The van der Waals surface area contributed by atoms with E-state index in [1.807, 2.05) is 0 Å². The molecule has 1 unspecified atom stereocenters. The van der Waals surface area contributed by atoms with Crippen molar-refractivity contribution in [2.75, 3.05) is 6.61 Å². The molecule has 0 aliphatic carbocycles. The predicted molar refractivity (Wildman–Crippen MR) is 101 cm³/mol. The summed E-state index contributed by atoms with van der Waals surface area (Å²) >= 11 is 5.82. The van der Waals surface area contributed by atoms with Crippen molar-refractivity contribution in [3.05, 3.63) is 58.6 Å². The highest BCUT2D eigenvalue weighted by atomic mass is 35.5. The highest BCUT2D eigenvalue weighted by molar-refractivity contribution is 6.30. The first-order chi connectivity index (χ1) is 13.0. The van der Waals surface area contributed by atoms with Crippen LogP contribution < -0.4 is 4.74 Å². The molecule has 0 amide bonds. The SMILES string of the molecule is O=C(CC(=O)c1ccc(OC2CCCCO2)cc1O)Cc1ccc(Cl)cc1. The standard InChI is InChI=1S/C21H21ClO5/c22-15-6-4-14(5-7-15)11-16(23)12-19(24)18-9-8-17(13-20(18)25)27-21-3-1-2-10-26-21/h4-9,13,21,25H,1-3,10-12H2. The summed E-state index contributed by atoms with van der Waals surface area (Å²) in [6.45, 7) is 0.656. The molecule has 142 valence electrons. The van der Waals surface area contributed by atoms with Gasteiger partial charge >= 0.3 is 0 Å². The zero-order valence-corrected chi connectivity index (χ0v) is 15.6. The van der Waals surface area contributed by atoms with E-state index in [1.165, 1.54) is 12.1 Å². The van der Waals surface area contributed by atoms with Gasteiger partial charge in [0.05, 0.1) is 18.6 Å². The molecule has 2 aromatic carbocycles. The third kappa shape index (κ3) is 5.55. The molecule has 1 fully saturated rings. The van der Waals surface area contributed by atoms with Gasteiger partial charge < -0.3 is 14.6 Å². The van der Waals surface area contributed by atoms with Crippen LogP contribution in [-0.2, 0) is 16.0 Å².